The monoisotopic (exact) mass is 283 g/mol. The van der Waals surface area contributed by atoms with Crippen molar-refractivity contribution in [3.05, 3.63) is 23.3 Å². The van der Waals surface area contributed by atoms with Crippen molar-refractivity contribution in [1.29, 1.82) is 0 Å². The van der Waals surface area contributed by atoms with Gasteiger partial charge in [-0.15, -0.1) is 0 Å². The van der Waals surface area contributed by atoms with Gasteiger partial charge in [0.15, 0.2) is 17.4 Å². The standard InChI is InChI=1S/C14H15F2NO3/c1-8-7-18-13-11(16)10(15)6-9-12(13)17(8)3-2-14(9)19-4-5-20-14/h6,8H,2-5,7H2,1H3/t8-/m0/s1. The summed E-state index contributed by atoms with van der Waals surface area (Å²) in [6.07, 6.45) is 0.606. The highest BCUT2D eigenvalue weighted by atomic mass is 19.2. The van der Waals surface area contributed by atoms with Crippen LogP contribution in [-0.2, 0) is 15.3 Å². The van der Waals surface area contributed by atoms with Gasteiger partial charge in [0.2, 0.25) is 5.82 Å². The third-order valence-corrected chi connectivity index (χ3v) is 4.28. The van der Waals surface area contributed by atoms with E-state index in [1.807, 2.05) is 11.8 Å². The molecule has 0 radical (unpaired) electrons. The fourth-order valence-electron chi connectivity index (χ4n) is 3.30. The summed E-state index contributed by atoms with van der Waals surface area (Å²) >= 11 is 0. The Hall–Kier alpha value is -1.40. The molecule has 4 nitrogen and oxygen atoms in total. The molecular weight excluding hydrogens is 268 g/mol. The zero-order chi connectivity index (χ0) is 13.9. The molecule has 0 N–H and O–H groups in total. The van der Waals surface area contributed by atoms with Crippen LogP contribution < -0.4 is 9.64 Å². The molecule has 1 fully saturated rings. The van der Waals surface area contributed by atoms with Crippen LogP contribution in [0, 0.1) is 11.6 Å². The van der Waals surface area contributed by atoms with E-state index >= 15 is 0 Å². The summed E-state index contributed by atoms with van der Waals surface area (Å²) < 4.78 is 44.7. The molecule has 1 spiro atoms. The second-order valence-electron chi connectivity index (χ2n) is 5.45. The number of hydrogen-bond donors (Lipinski definition) is 0. The molecule has 3 aliphatic rings. The minimum absolute atomic E-state index is 0.0173. The van der Waals surface area contributed by atoms with Crippen molar-refractivity contribution in [2.45, 2.75) is 25.2 Å². The van der Waals surface area contributed by atoms with Crippen LogP contribution in [0.25, 0.3) is 0 Å². The fraction of sp³-hybridized carbons (Fsp3) is 0.571. The smallest absolute Gasteiger partial charge is 0.202 e. The van der Waals surface area contributed by atoms with Crippen molar-refractivity contribution in [1.82, 2.24) is 0 Å². The number of halogens is 2. The van der Waals surface area contributed by atoms with Crippen molar-refractivity contribution in [3.63, 3.8) is 0 Å². The van der Waals surface area contributed by atoms with Gasteiger partial charge < -0.3 is 19.1 Å². The molecule has 1 aromatic carbocycles. The second-order valence-corrected chi connectivity index (χ2v) is 5.45. The van der Waals surface area contributed by atoms with E-state index in [0.29, 0.717) is 44.0 Å². The molecule has 0 saturated carbocycles. The van der Waals surface area contributed by atoms with Gasteiger partial charge in [0.25, 0.3) is 0 Å². The first kappa shape index (κ1) is 12.3. The van der Waals surface area contributed by atoms with Crippen LogP contribution in [0.4, 0.5) is 14.5 Å². The Morgan fingerprint density at radius 1 is 1.30 bits per heavy atom. The van der Waals surface area contributed by atoms with Crippen LogP contribution in [0.15, 0.2) is 6.07 Å². The predicted octanol–water partition coefficient (Wildman–Crippen LogP) is 2.16. The zero-order valence-electron chi connectivity index (χ0n) is 11.1. The van der Waals surface area contributed by atoms with E-state index < -0.39 is 17.4 Å². The van der Waals surface area contributed by atoms with E-state index in [1.54, 1.807) is 0 Å². The normalized spacial score (nSPS) is 26.6. The van der Waals surface area contributed by atoms with Crippen LogP contribution in [0.2, 0.25) is 0 Å². The maximum Gasteiger partial charge on any atom is 0.202 e. The second kappa shape index (κ2) is 4.05. The predicted molar refractivity (Wildman–Crippen MR) is 66.9 cm³/mol. The number of rotatable bonds is 0. The van der Waals surface area contributed by atoms with Gasteiger partial charge in [-0.25, -0.2) is 4.39 Å². The molecule has 0 bridgehead atoms. The summed E-state index contributed by atoms with van der Waals surface area (Å²) in [4.78, 5) is 2.05. The molecule has 6 heteroatoms. The first-order valence-electron chi connectivity index (χ1n) is 6.82. The van der Waals surface area contributed by atoms with Crippen LogP contribution in [-0.4, -0.2) is 32.4 Å². The Kier molecular flexibility index (Phi) is 2.50. The quantitative estimate of drug-likeness (QED) is 0.730. The lowest BCUT2D eigenvalue weighted by Crippen LogP contribution is -2.49. The maximum absolute atomic E-state index is 14.0. The van der Waals surface area contributed by atoms with E-state index in [4.69, 9.17) is 14.2 Å². The molecular formula is C14H15F2NO3. The highest BCUT2D eigenvalue weighted by Crippen LogP contribution is 2.51. The Labute approximate surface area is 115 Å². The highest BCUT2D eigenvalue weighted by molar-refractivity contribution is 5.69. The molecule has 0 unspecified atom stereocenters. The third kappa shape index (κ3) is 1.46. The molecule has 108 valence electrons. The molecule has 3 heterocycles. The molecule has 1 atom stereocenters. The van der Waals surface area contributed by atoms with Crippen molar-refractivity contribution < 1.29 is 23.0 Å². The Bertz CT molecular complexity index is 572. The number of fused-ring (bicyclic) bond motifs is 1. The van der Waals surface area contributed by atoms with Crippen LogP contribution in [0.1, 0.15) is 18.9 Å². The third-order valence-electron chi connectivity index (χ3n) is 4.28. The lowest BCUT2D eigenvalue weighted by Gasteiger charge is -2.46. The first-order chi connectivity index (χ1) is 9.62. The molecule has 0 aromatic heterocycles. The largest absolute Gasteiger partial charge is 0.486 e. The van der Waals surface area contributed by atoms with E-state index in [9.17, 15) is 8.78 Å². The first-order valence-corrected chi connectivity index (χ1v) is 6.82. The number of ether oxygens (including phenoxy) is 3. The summed E-state index contributed by atoms with van der Waals surface area (Å²) in [5.41, 5.74) is 1.12. The van der Waals surface area contributed by atoms with Crippen molar-refractivity contribution in [2.24, 2.45) is 0 Å². The molecule has 0 amide bonds. The summed E-state index contributed by atoms with van der Waals surface area (Å²) in [7, 11) is 0. The number of benzene rings is 1. The molecule has 1 saturated heterocycles. The van der Waals surface area contributed by atoms with Gasteiger partial charge in [-0.1, -0.05) is 0 Å². The highest BCUT2D eigenvalue weighted by Gasteiger charge is 2.48. The van der Waals surface area contributed by atoms with Crippen LogP contribution in [0.3, 0.4) is 0 Å². The Morgan fingerprint density at radius 3 is 2.80 bits per heavy atom. The minimum Gasteiger partial charge on any atom is -0.486 e. The van der Waals surface area contributed by atoms with Crippen molar-refractivity contribution in [3.8, 4) is 5.75 Å². The zero-order valence-corrected chi connectivity index (χ0v) is 11.1. The van der Waals surface area contributed by atoms with Gasteiger partial charge in [0.1, 0.15) is 6.61 Å². The molecule has 3 aliphatic heterocycles. The minimum atomic E-state index is -0.949. The van der Waals surface area contributed by atoms with E-state index in [-0.39, 0.29) is 11.8 Å². The van der Waals surface area contributed by atoms with Gasteiger partial charge in [-0.3, -0.25) is 0 Å². The fourth-order valence-corrected chi connectivity index (χ4v) is 3.30. The molecule has 1 aromatic rings. The van der Waals surface area contributed by atoms with Gasteiger partial charge in [-0.2, -0.15) is 4.39 Å². The summed E-state index contributed by atoms with van der Waals surface area (Å²) in [5.74, 6) is -2.82. The summed E-state index contributed by atoms with van der Waals surface area (Å²) in [5, 5.41) is 0. The maximum atomic E-state index is 14.0. The SMILES string of the molecule is C[C@H]1COc2c(F)c(F)cc3c2N1CCC31OCCO1. The van der Waals surface area contributed by atoms with Gasteiger partial charge in [-0.05, 0) is 13.0 Å². The lowest BCUT2D eigenvalue weighted by molar-refractivity contribution is -0.172. The van der Waals surface area contributed by atoms with Gasteiger partial charge >= 0.3 is 0 Å². The van der Waals surface area contributed by atoms with Crippen molar-refractivity contribution >= 4 is 5.69 Å². The summed E-state index contributed by atoms with van der Waals surface area (Å²) in [6.45, 7) is 3.95. The average Bonchev–Trinajstić information content (AvgIpc) is 2.90. The number of hydrogen-bond acceptors (Lipinski definition) is 4. The molecule has 20 heavy (non-hydrogen) atoms. The van der Waals surface area contributed by atoms with Gasteiger partial charge in [0, 0.05) is 18.5 Å². The van der Waals surface area contributed by atoms with Crippen molar-refractivity contribution in [2.75, 3.05) is 31.3 Å². The van der Waals surface area contributed by atoms with Crippen LogP contribution in [0.5, 0.6) is 5.75 Å². The number of anilines is 1. The lowest BCUT2D eigenvalue weighted by atomic mass is 9.92. The Morgan fingerprint density at radius 2 is 2.05 bits per heavy atom. The van der Waals surface area contributed by atoms with E-state index in [0.717, 1.165) is 0 Å². The molecule has 4 rings (SSSR count). The topological polar surface area (TPSA) is 30.9 Å². The average molecular weight is 283 g/mol. The Balaban J connectivity index is 1.97. The van der Waals surface area contributed by atoms with Gasteiger partial charge in [0.05, 0.1) is 24.9 Å². The molecule has 0 aliphatic carbocycles. The number of nitrogens with zero attached hydrogens (tertiary/aromatic N) is 1. The van der Waals surface area contributed by atoms with E-state index in [1.165, 1.54) is 6.07 Å². The van der Waals surface area contributed by atoms with Crippen LogP contribution >= 0.6 is 0 Å². The summed E-state index contributed by atoms with van der Waals surface area (Å²) in [6, 6.07) is 1.30. The van der Waals surface area contributed by atoms with E-state index in [2.05, 4.69) is 0 Å².